The molecule has 2 aliphatic rings. The van der Waals surface area contributed by atoms with E-state index < -0.39 is 5.60 Å². The van der Waals surface area contributed by atoms with Gasteiger partial charge in [-0.05, 0) is 34.1 Å². The van der Waals surface area contributed by atoms with Crippen LogP contribution >= 0.6 is 0 Å². The zero-order valence-electron chi connectivity index (χ0n) is 14.5. The molecule has 1 amide bonds. The van der Waals surface area contributed by atoms with Crippen LogP contribution in [0.5, 0.6) is 0 Å². The first-order valence-electron chi connectivity index (χ1n) is 8.35. The summed E-state index contributed by atoms with van der Waals surface area (Å²) in [6.07, 6.45) is 3.02. The van der Waals surface area contributed by atoms with E-state index in [1.165, 1.54) is 0 Å². The molecular weight excluding hydrogens is 308 g/mol. The van der Waals surface area contributed by atoms with Crippen molar-refractivity contribution in [3.05, 3.63) is 23.1 Å². The molecule has 0 saturated heterocycles. The van der Waals surface area contributed by atoms with E-state index in [2.05, 4.69) is 5.16 Å². The molecule has 7 heteroatoms. The highest BCUT2D eigenvalue weighted by Gasteiger charge is 2.36. The Balaban J connectivity index is 1.70. The Morgan fingerprint density at radius 3 is 2.96 bits per heavy atom. The molecule has 4 heterocycles. The van der Waals surface area contributed by atoms with Crippen LogP contribution in [0.2, 0.25) is 0 Å². The van der Waals surface area contributed by atoms with Gasteiger partial charge in [0.25, 0.3) is 0 Å². The van der Waals surface area contributed by atoms with Crippen molar-refractivity contribution in [3.8, 4) is 11.4 Å². The van der Waals surface area contributed by atoms with Crippen LogP contribution in [0.3, 0.4) is 0 Å². The van der Waals surface area contributed by atoms with Gasteiger partial charge in [0.15, 0.2) is 0 Å². The smallest absolute Gasteiger partial charge is 0.410 e. The van der Waals surface area contributed by atoms with Crippen LogP contribution in [0.15, 0.2) is 10.8 Å². The third kappa shape index (κ3) is 2.39. The van der Waals surface area contributed by atoms with Crippen molar-refractivity contribution in [2.24, 2.45) is 0 Å². The second-order valence-corrected chi connectivity index (χ2v) is 7.60. The predicted octanol–water partition coefficient (Wildman–Crippen LogP) is 2.78. The van der Waals surface area contributed by atoms with E-state index in [9.17, 15) is 4.79 Å². The molecule has 2 aromatic rings. The molecule has 0 radical (unpaired) electrons. The number of nitrogens with zero attached hydrogens (tertiary/aromatic N) is 4. The summed E-state index contributed by atoms with van der Waals surface area (Å²) >= 11 is 0. The zero-order valence-corrected chi connectivity index (χ0v) is 14.5. The highest BCUT2D eigenvalue weighted by molar-refractivity contribution is 5.71. The third-order valence-electron chi connectivity index (χ3n) is 4.57. The predicted molar refractivity (Wildman–Crippen MR) is 86.4 cm³/mol. The van der Waals surface area contributed by atoms with Gasteiger partial charge in [0.2, 0.25) is 0 Å². The van der Waals surface area contributed by atoms with Crippen LogP contribution in [-0.2, 0) is 30.7 Å². The first-order chi connectivity index (χ1) is 11.3. The van der Waals surface area contributed by atoms with E-state index in [0.29, 0.717) is 6.54 Å². The zero-order chi connectivity index (χ0) is 17.1. The van der Waals surface area contributed by atoms with Gasteiger partial charge in [-0.3, -0.25) is 4.68 Å². The van der Waals surface area contributed by atoms with Crippen molar-refractivity contribution in [1.29, 1.82) is 0 Å². The van der Waals surface area contributed by atoms with Crippen molar-refractivity contribution in [3.63, 3.8) is 0 Å². The van der Waals surface area contributed by atoms with Gasteiger partial charge in [-0.25, -0.2) is 4.79 Å². The van der Waals surface area contributed by atoms with E-state index >= 15 is 0 Å². The molecule has 1 atom stereocenters. The average molecular weight is 330 g/mol. The van der Waals surface area contributed by atoms with Gasteiger partial charge in [-0.1, -0.05) is 5.16 Å². The lowest BCUT2D eigenvalue weighted by atomic mass is 9.96. The van der Waals surface area contributed by atoms with Gasteiger partial charge in [0, 0.05) is 30.1 Å². The van der Waals surface area contributed by atoms with Gasteiger partial charge in [-0.15, -0.1) is 0 Å². The maximum atomic E-state index is 12.6. The minimum Gasteiger partial charge on any atom is -0.444 e. The quantitative estimate of drug-likeness (QED) is 0.742. The number of ether oxygens (including phenoxy) is 1. The Hall–Kier alpha value is -2.31. The Kier molecular flexibility index (Phi) is 3.23. The standard InChI is InChI=1S/C17H22N4O3/c1-10-7-13-12(8-20(10)16(22)24-17(2,3)4)15-14-11(9-23-19-14)5-6-21(15)18-13/h9-10H,5-8H2,1-4H3/t10-/m1/s1. The Bertz CT molecular complexity index is 799. The molecule has 128 valence electrons. The van der Waals surface area contributed by atoms with E-state index in [4.69, 9.17) is 14.4 Å². The maximum Gasteiger partial charge on any atom is 0.410 e. The maximum absolute atomic E-state index is 12.6. The van der Waals surface area contributed by atoms with E-state index in [0.717, 1.165) is 47.6 Å². The van der Waals surface area contributed by atoms with Crippen LogP contribution in [0.4, 0.5) is 4.79 Å². The fourth-order valence-electron chi connectivity index (χ4n) is 3.44. The van der Waals surface area contributed by atoms with Crippen molar-refractivity contribution in [2.75, 3.05) is 0 Å². The summed E-state index contributed by atoms with van der Waals surface area (Å²) < 4.78 is 12.7. The van der Waals surface area contributed by atoms with Crippen molar-refractivity contribution >= 4 is 6.09 Å². The van der Waals surface area contributed by atoms with Gasteiger partial charge in [0.05, 0.1) is 17.9 Å². The number of hydrogen-bond acceptors (Lipinski definition) is 5. The highest BCUT2D eigenvalue weighted by Crippen LogP contribution is 2.36. The van der Waals surface area contributed by atoms with Gasteiger partial charge in [-0.2, -0.15) is 5.10 Å². The Morgan fingerprint density at radius 2 is 2.21 bits per heavy atom. The second-order valence-electron chi connectivity index (χ2n) is 7.60. The molecule has 0 fully saturated rings. The first kappa shape index (κ1) is 15.2. The number of aryl methyl sites for hydroxylation is 2. The fourth-order valence-corrected chi connectivity index (χ4v) is 3.44. The molecule has 0 bridgehead atoms. The molecule has 24 heavy (non-hydrogen) atoms. The molecule has 0 aromatic carbocycles. The average Bonchev–Trinajstić information content (AvgIpc) is 3.06. The summed E-state index contributed by atoms with van der Waals surface area (Å²) in [7, 11) is 0. The lowest BCUT2D eigenvalue weighted by Crippen LogP contribution is -2.45. The number of aromatic nitrogens is 3. The van der Waals surface area contributed by atoms with Crippen molar-refractivity contribution in [1.82, 2.24) is 19.8 Å². The summed E-state index contributed by atoms with van der Waals surface area (Å²) in [6, 6.07) is 0.0566. The van der Waals surface area contributed by atoms with Crippen molar-refractivity contribution in [2.45, 2.75) is 65.3 Å². The molecule has 7 nitrogen and oxygen atoms in total. The van der Waals surface area contributed by atoms with Gasteiger partial charge in [0.1, 0.15) is 17.6 Å². The summed E-state index contributed by atoms with van der Waals surface area (Å²) in [6.45, 7) is 8.99. The normalized spacial score (nSPS) is 19.5. The van der Waals surface area contributed by atoms with Gasteiger partial charge >= 0.3 is 6.09 Å². The first-order valence-corrected chi connectivity index (χ1v) is 8.35. The minimum absolute atomic E-state index is 0.0566. The van der Waals surface area contributed by atoms with Crippen LogP contribution < -0.4 is 0 Å². The lowest BCUT2D eigenvalue weighted by Gasteiger charge is -2.34. The molecule has 2 aliphatic heterocycles. The topological polar surface area (TPSA) is 73.4 Å². The van der Waals surface area contributed by atoms with Crippen LogP contribution in [0, 0.1) is 0 Å². The van der Waals surface area contributed by atoms with Gasteiger partial charge < -0.3 is 14.2 Å². The third-order valence-corrected chi connectivity index (χ3v) is 4.57. The Labute approximate surface area is 140 Å². The Morgan fingerprint density at radius 1 is 1.42 bits per heavy atom. The minimum atomic E-state index is -0.505. The molecular formula is C17H22N4O3. The molecule has 4 rings (SSSR count). The summed E-state index contributed by atoms with van der Waals surface area (Å²) in [5.41, 5.74) is 4.55. The van der Waals surface area contributed by atoms with Crippen LogP contribution in [-0.4, -0.2) is 37.6 Å². The highest BCUT2D eigenvalue weighted by atomic mass is 16.6. The summed E-state index contributed by atoms with van der Waals surface area (Å²) in [5.74, 6) is 0. The number of rotatable bonds is 0. The number of hydrogen-bond donors (Lipinski definition) is 0. The molecule has 0 unspecified atom stereocenters. The van der Waals surface area contributed by atoms with E-state index in [1.807, 2.05) is 32.4 Å². The molecule has 0 N–H and O–H groups in total. The van der Waals surface area contributed by atoms with E-state index in [-0.39, 0.29) is 12.1 Å². The lowest BCUT2D eigenvalue weighted by molar-refractivity contribution is 0.0138. The fraction of sp³-hybridized carbons (Fsp3) is 0.588. The monoisotopic (exact) mass is 330 g/mol. The largest absolute Gasteiger partial charge is 0.444 e. The molecule has 0 saturated carbocycles. The SMILES string of the molecule is C[C@@H]1Cc2nn3c(c2CN1C(=O)OC(C)(C)C)-c1nocc1CC3. The van der Waals surface area contributed by atoms with Crippen LogP contribution in [0.25, 0.3) is 11.4 Å². The van der Waals surface area contributed by atoms with Crippen molar-refractivity contribution < 1.29 is 14.1 Å². The number of carbonyl (C=O) groups excluding carboxylic acids is 1. The number of amides is 1. The van der Waals surface area contributed by atoms with Crippen LogP contribution in [0.1, 0.15) is 44.5 Å². The number of carbonyl (C=O) groups is 1. The number of fused-ring (bicyclic) bond motifs is 5. The summed E-state index contributed by atoms with van der Waals surface area (Å²) in [5, 5.41) is 8.90. The molecule has 0 spiro atoms. The molecule has 2 aromatic heterocycles. The van der Waals surface area contributed by atoms with E-state index in [1.54, 1.807) is 11.2 Å². The molecule has 0 aliphatic carbocycles. The summed E-state index contributed by atoms with van der Waals surface area (Å²) in [4.78, 5) is 14.3. The second kappa shape index (κ2) is 5.09.